The molecule has 0 bridgehead atoms. The van der Waals surface area contributed by atoms with E-state index < -0.39 is 0 Å². The van der Waals surface area contributed by atoms with E-state index in [9.17, 15) is 4.79 Å². The zero-order chi connectivity index (χ0) is 13.2. The molecule has 1 N–H and O–H groups in total. The van der Waals surface area contributed by atoms with E-state index in [0.29, 0.717) is 23.9 Å². The van der Waals surface area contributed by atoms with E-state index in [1.807, 2.05) is 0 Å². The maximum Gasteiger partial charge on any atom is 0.226 e. The van der Waals surface area contributed by atoms with Crippen molar-refractivity contribution in [1.82, 2.24) is 10.2 Å². The largest absolute Gasteiger partial charge is 0.339 e. The lowest BCUT2D eigenvalue weighted by Crippen LogP contribution is -2.47. The molecule has 1 amide bonds. The molecule has 3 aliphatic rings. The fourth-order valence-corrected chi connectivity index (χ4v) is 4.49. The van der Waals surface area contributed by atoms with Crippen molar-refractivity contribution in [3.63, 3.8) is 0 Å². The summed E-state index contributed by atoms with van der Waals surface area (Å²) in [6.07, 6.45) is 10.0. The normalized spacial score (nSPS) is 35.0. The van der Waals surface area contributed by atoms with Crippen LogP contribution in [-0.2, 0) is 4.79 Å². The Morgan fingerprint density at radius 3 is 2.55 bits per heavy atom. The molecule has 0 aromatic carbocycles. The van der Waals surface area contributed by atoms with E-state index in [2.05, 4.69) is 17.1 Å². The summed E-state index contributed by atoms with van der Waals surface area (Å²) in [5.74, 6) is 1.58. The molecule has 3 atom stereocenters. The van der Waals surface area contributed by atoms with E-state index in [0.717, 1.165) is 31.8 Å². The molecule has 0 spiro atoms. The van der Waals surface area contributed by atoms with Gasteiger partial charge in [0.25, 0.3) is 0 Å². The quantitative estimate of drug-likeness (QED) is 0.850. The van der Waals surface area contributed by atoms with Crippen LogP contribution in [0.4, 0.5) is 0 Å². The fourth-order valence-electron chi connectivity index (χ4n) is 4.49. The molecule has 3 rings (SSSR count). The number of carbonyl (C=O) groups is 1. The average molecular weight is 301 g/mol. The first-order chi connectivity index (χ1) is 9.25. The second kappa shape index (κ2) is 7.13. The summed E-state index contributed by atoms with van der Waals surface area (Å²) in [6.45, 7) is 4.25. The third kappa shape index (κ3) is 3.30. The Morgan fingerprint density at radius 2 is 1.85 bits per heavy atom. The van der Waals surface area contributed by atoms with Crippen LogP contribution in [0.3, 0.4) is 0 Å². The predicted octanol–water partition coefficient (Wildman–Crippen LogP) is 2.98. The Balaban J connectivity index is 0.00000147. The first kappa shape index (κ1) is 16.1. The van der Waals surface area contributed by atoms with Gasteiger partial charge in [0, 0.05) is 24.5 Å². The van der Waals surface area contributed by atoms with Crippen molar-refractivity contribution >= 4 is 18.3 Å². The van der Waals surface area contributed by atoms with Crippen LogP contribution in [0.2, 0.25) is 0 Å². The number of nitrogens with one attached hydrogen (secondary N) is 1. The summed E-state index contributed by atoms with van der Waals surface area (Å²) in [5.41, 5.74) is 0. The van der Waals surface area contributed by atoms with Gasteiger partial charge in [0.05, 0.1) is 0 Å². The third-order valence-corrected chi connectivity index (χ3v) is 5.50. The molecule has 0 radical (unpaired) electrons. The highest BCUT2D eigenvalue weighted by atomic mass is 35.5. The van der Waals surface area contributed by atoms with Gasteiger partial charge in [0.2, 0.25) is 5.91 Å². The Morgan fingerprint density at radius 1 is 1.10 bits per heavy atom. The Hall–Kier alpha value is -0.280. The van der Waals surface area contributed by atoms with Gasteiger partial charge >= 0.3 is 0 Å². The number of likely N-dealkylation sites (tertiary alicyclic amines) is 1. The number of nitrogens with zero attached hydrogens (tertiary/aromatic N) is 1. The smallest absolute Gasteiger partial charge is 0.226 e. The predicted molar refractivity (Wildman–Crippen MR) is 84.1 cm³/mol. The molecule has 2 saturated heterocycles. The van der Waals surface area contributed by atoms with Crippen LogP contribution in [-0.4, -0.2) is 36.0 Å². The van der Waals surface area contributed by atoms with Gasteiger partial charge in [0.1, 0.15) is 0 Å². The minimum absolute atomic E-state index is 0. The first-order valence-electron chi connectivity index (χ1n) is 8.29. The van der Waals surface area contributed by atoms with Gasteiger partial charge < -0.3 is 10.2 Å². The lowest BCUT2D eigenvalue weighted by atomic mass is 9.90. The van der Waals surface area contributed by atoms with Crippen molar-refractivity contribution in [2.75, 3.05) is 13.1 Å². The zero-order valence-corrected chi connectivity index (χ0v) is 13.5. The van der Waals surface area contributed by atoms with Gasteiger partial charge in [-0.2, -0.15) is 0 Å². The molecule has 20 heavy (non-hydrogen) atoms. The Bertz CT molecular complexity index is 330. The number of carbonyl (C=O) groups excluding carboxylic acids is 1. The maximum atomic E-state index is 12.8. The number of hydrogen-bond donors (Lipinski definition) is 1. The highest BCUT2D eigenvalue weighted by Crippen LogP contribution is 2.36. The molecule has 0 aromatic rings. The van der Waals surface area contributed by atoms with Crippen molar-refractivity contribution in [2.45, 2.75) is 70.4 Å². The van der Waals surface area contributed by atoms with Gasteiger partial charge in [-0.3, -0.25) is 4.79 Å². The van der Waals surface area contributed by atoms with Gasteiger partial charge in [0.15, 0.2) is 0 Å². The van der Waals surface area contributed by atoms with Crippen LogP contribution in [0.15, 0.2) is 0 Å². The first-order valence-corrected chi connectivity index (χ1v) is 8.29. The molecular weight excluding hydrogens is 272 g/mol. The average Bonchev–Trinajstić information content (AvgIpc) is 3.08. The van der Waals surface area contributed by atoms with E-state index in [-0.39, 0.29) is 12.4 Å². The topological polar surface area (TPSA) is 32.3 Å². The zero-order valence-electron chi connectivity index (χ0n) is 12.6. The van der Waals surface area contributed by atoms with Crippen molar-refractivity contribution in [3.05, 3.63) is 0 Å². The SMILES string of the molecule is C[C@H]1C[C@@H](C(=O)N2CCCC2C2CCCC2)CCN1.Cl. The lowest BCUT2D eigenvalue weighted by Gasteiger charge is -2.35. The van der Waals surface area contributed by atoms with Crippen LogP contribution in [0, 0.1) is 11.8 Å². The van der Waals surface area contributed by atoms with E-state index >= 15 is 0 Å². The summed E-state index contributed by atoms with van der Waals surface area (Å²) in [4.78, 5) is 15.1. The summed E-state index contributed by atoms with van der Waals surface area (Å²) in [6, 6.07) is 1.09. The number of piperidine rings is 1. The van der Waals surface area contributed by atoms with Gasteiger partial charge in [-0.25, -0.2) is 0 Å². The monoisotopic (exact) mass is 300 g/mol. The van der Waals surface area contributed by atoms with Crippen LogP contribution in [0.5, 0.6) is 0 Å². The van der Waals surface area contributed by atoms with E-state index in [1.165, 1.54) is 38.5 Å². The third-order valence-electron chi connectivity index (χ3n) is 5.50. The molecule has 2 aliphatic heterocycles. The molecule has 4 heteroatoms. The second-order valence-electron chi connectivity index (χ2n) is 6.86. The summed E-state index contributed by atoms with van der Waals surface area (Å²) in [5, 5.41) is 3.45. The van der Waals surface area contributed by atoms with Crippen LogP contribution in [0.25, 0.3) is 0 Å². The van der Waals surface area contributed by atoms with Gasteiger partial charge in [-0.05, 0) is 57.9 Å². The van der Waals surface area contributed by atoms with Crippen molar-refractivity contribution in [3.8, 4) is 0 Å². The van der Waals surface area contributed by atoms with Crippen LogP contribution in [0.1, 0.15) is 58.3 Å². The molecule has 1 aliphatic carbocycles. The lowest BCUT2D eigenvalue weighted by molar-refractivity contribution is -0.138. The number of rotatable bonds is 2. The summed E-state index contributed by atoms with van der Waals surface area (Å²) >= 11 is 0. The van der Waals surface area contributed by atoms with Crippen molar-refractivity contribution in [2.24, 2.45) is 11.8 Å². The van der Waals surface area contributed by atoms with E-state index in [1.54, 1.807) is 0 Å². The van der Waals surface area contributed by atoms with Gasteiger partial charge in [-0.15, -0.1) is 12.4 Å². The molecule has 3 nitrogen and oxygen atoms in total. The Labute approximate surface area is 129 Å². The molecule has 2 heterocycles. The molecule has 116 valence electrons. The number of hydrogen-bond acceptors (Lipinski definition) is 2. The molecule has 3 fully saturated rings. The standard InChI is InChI=1S/C16H28N2O.ClH/c1-12-11-14(8-9-17-12)16(19)18-10-4-7-15(18)13-5-2-3-6-13;/h12-15,17H,2-11H2,1H3;1H/t12-,14-,15?;/m0./s1. The highest BCUT2D eigenvalue weighted by Gasteiger charge is 2.38. The molecular formula is C16H29ClN2O. The minimum Gasteiger partial charge on any atom is -0.339 e. The number of amides is 1. The minimum atomic E-state index is 0. The van der Waals surface area contributed by atoms with E-state index in [4.69, 9.17) is 0 Å². The Kier molecular flexibility index (Phi) is 5.74. The molecule has 0 aromatic heterocycles. The van der Waals surface area contributed by atoms with Crippen LogP contribution >= 0.6 is 12.4 Å². The fraction of sp³-hybridized carbons (Fsp3) is 0.938. The van der Waals surface area contributed by atoms with Gasteiger partial charge in [-0.1, -0.05) is 12.8 Å². The van der Waals surface area contributed by atoms with Crippen LogP contribution < -0.4 is 5.32 Å². The molecule has 1 saturated carbocycles. The second-order valence-corrected chi connectivity index (χ2v) is 6.86. The number of halogens is 1. The highest BCUT2D eigenvalue weighted by molar-refractivity contribution is 5.85. The maximum absolute atomic E-state index is 12.8. The van der Waals surface area contributed by atoms with Crippen molar-refractivity contribution in [1.29, 1.82) is 0 Å². The van der Waals surface area contributed by atoms with Crippen molar-refractivity contribution < 1.29 is 4.79 Å². The summed E-state index contributed by atoms with van der Waals surface area (Å²) in [7, 11) is 0. The molecule has 1 unspecified atom stereocenters. The summed E-state index contributed by atoms with van der Waals surface area (Å²) < 4.78 is 0.